The van der Waals surface area contributed by atoms with Crippen LogP contribution in [-0.2, 0) is 0 Å². The Kier molecular flexibility index (Phi) is 13.2. The zero-order valence-electron chi connectivity index (χ0n) is 16.2. The molecule has 0 bridgehead atoms. The first-order valence-electron chi connectivity index (χ1n) is 8.36. The van der Waals surface area contributed by atoms with Crippen LogP contribution in [0.1, 0.15) is 55.4 Å². The first-order chi connectivity index (χ1) is 11.3. The fraction of sp³-hybridized carbons (Fsp3) is 1.00. The van der Waals surface area contributed by atoms with Crippen molar-refractivity contribution in [1.29, 1.82) is 0 Å². The van der Waals surface area contributed by atoms with Gasteiger partial charge in [-0.3, -0.25) is 0 Å². The Balaban J connectivity index is 7.43. The Labute approximate surface area is 226 Å². The van der Waals surface area contributed by atoms with E-state index in [4.69, 9.17) is 0 Å². The topological polar surface area (TPSA) is 6.48 Å². The Morgan fingerprint density at radius 2 is 0.692 bits per heavy atom. The van der Waals surface area contributed by atoms with Crippen LogP contribution in [0, 0.1) is 0 Å². The molecule has 0 saturated heterocycles. The molecule has 14 heteroatoms. The first-order valence-corrected chi connectivity index (χ1v) is 37.3. The van der Waals surface area contributed by atoms with E-state index in [9.17, 15) is 0 Å². The SMILES string of the molecule is CC(C)N(C(C)C)[Si](N(C(C)C)C(C)C)([Si](Br)(Br)Br)[Si](Br)(Br)[Si](Br)(Br)Br. The summed E-state index contributed by atoms with van der Waals surface area (Å²) >= 11 is 33.4. The van der Waals surface area contributed by atoms with Crippen LogP contribution in [0.25, 0.3) is 0 Å². The largest absolute Gasteiger partial charge is 0.308 e. The molecule has 0 aliphatic carbocycles. The summed E-state index contributed by atoms with van der Waals surface area (Å²) in [6.07, 6.45) is 0. The highest BCUT2D eigenvalue weighted by molar-refractivity contribution is 9.83. The van der Waals surface area contributed by atoms with Gasteiger partial charge < -0.3 is 9.13 Å². The molecule has 0 aromatic heterocycles. The molecule has 0 heterocycles. The molecule has 0 saturated carbocycles. The molecular weight excluding hydrogens is 924 g/mol. The molecule has 0 rings (SSSR count). The van der Waals surface area contributed by atoms with E-state index in [0.29, 0.717) is 24.2 Å². The predicted octanol–water partition coefficient (Wildman–Crippen LogP) is 8.38. The standard InChI is InChI=1S/C12H28Br8N2Si4/c1-9(2)21(10(3)4)26(24(16,17)18,22(11(5)6)12(7)8)25(19,20)23(13,14)15/h9-12H,1-8H3. The minimum absolute atomic E-state index is 0.409. The molecule has 0 aliphatic heterocycles. The fourth-order valence-corrected chi connectivity index (χ4v) is 194. The summed E-state index contributed by atoms with van der Waals surface area (Å²) in [5, 5.41) is 0. The zero-order valence-corrected chi connectivity index (χ0v) is 32.9. The fourth-order valence-electron chi connectivity index (χ4n) is 3.81. The van der Waals surface area contributed by atoms with Gasteiger partial charge in [0.25, 0.3) is 11.2 Å². The lowest BCUT2D eigenvalue weighted by Gasteiger charge is -2.62. The quantitative estimate of drug-likeness (QED) is 0.170. The predicted molar refractivity (Wildman–Crippen MR) is 159 cm³/mol. The first kappa shape index (κ1) is 30.6. The maximum absolute atomic E-state index is 4.34. The van der Waals surface area contributed by atoms with E-state index >= 15 is 0 Å². The maximum atomic E-state index is 4.34. The van der Waals surface area contributed by atoms with Crippen molar-refractivity contribution in [3.8, 4) is 0 Å². The highest BCUT2D eigenvalue weighted by atomic mass is 80.0. The Morgan fingerprint density at radius 3 is 0.808 bits per heavy atom. The third-order valence-corrected chi connectivity index (χ3v) is 143. The van der Waals surface area contributed by atoms with E-state index in [-0.39, 0.29) is 0 Å². The van der Waals surface area contributed by atoms with Gasteiger partial charge in [-0.2, -0.15) is 0 Å². The molecule has 158 valence electrons. The van der Waals surface area contributed by atoms with Gasteiger partial charge in [-0.05, 0) is 24.2 Å². The molecule has 0 aromatic rings. The number of nitrogens with zero attached hydrogens (tertiary/aromatic N) is 2. The molecule has 0 radical (unpaired) electrons. The van der Waals surface area contributed by atoms with Crippen molar-refractivity contribution in [3.63, 3.8) is 0 Å². The second-order valence-electron chi connectivity index (χ2n) is 7.43. The third-order valence-electron chi connectivity index (χ3n) is 4.16. The van der Waals surface area contributed by atoms with Gasteiger partial charge in [-0.1, -0.05) is 147 Å². The van der Waals surface area contributed by atoms with Crippen LogP contribution < -0.4 is 0 Å². The van der Waals surface area contributed by atoms with Gasteiger partial charge in [0.1, 0.15) is 0 Å². The van der Waals surface area contributed by atoms with Crippen molar-refractivity contribution in [2.24, 2.45) is 0 Å². The van der Waals surface area contributed by atoms with Crippen LogP contribution in [0.5, 0.6) is 0 Å². The molecule has 0 unspecified atom stereocenters. The maximum Gasteiger partial charge on any atom is 0.286 e. The van der Waals surface area contributed by atoms with E-state index in [2.05, 4.69) is 187 Å². The Morgan fingerprint density at radius 1 is 0.462 bits per heavy atom. The van der Waals surface area contributed by atoms with Crippen LogP contribution in [-0.4, -0.2) is 52.0 Å². The van der Waals surface area contributed by atoms with Crippen molar-refractivity contribution in [2.45, 2.75) is 79.6 Å². The lowest BCUT2D eigenvalue weighted by molar-refractivity contribution is 0.225. The Bertz CT molecular complexity index is 429. The monoisotopic (exact) mass is 943 g/mol. The summed E-state index contributed by atoms with van der Waals surface area (Å²) in [5.41, 5.74) is 0. The summed E-state index contributed by atoms with van der Waals surface area (Å²) in [6, 6.07) is 1.64. The van der Waals surface area contributed by atoms with E-state index < -0.39 is 18.7 Å². The number of halogens is 8. The second kappa shape index (κ2) is 11.2. The van der Waals surface area contributed by atoms with Crippen molar-refractivity contribution >= 4 is 141 Å². The number of hydrogen-bond donors (Lipinski definition) is 0. The van der Waals surface area contributed by atoms with Crippen molar-refractivity contribution in [2.75, 3.05) is 0 Å². The van der Waals surface area contributed by atoms with Crippen LogP contribution in [0.2, 0.25) is 0 Å². The van der Waals surface area contributed by atoms with Gasteiger partial charge in [-0.25, -0.2) is 0 Å². The molecule has 0 fully saturated rings. The van der Waals surface area contributed by atoms with Gasteiger partial charge in [0.05, 0.1) is 0 Å². The van der Waals surface area contributed by atoms with Crippen molar-refractivity contribution in [1.82, 2.24) is 9.13 Å². The minimum Gasteiger partial charge on any atom is -0.308 e. The molecule has 26 heavy (non-hydrogen) atoms. The third kappa shape index (κ3) is 6.15. The molecule has 0 spiro atoms. The smallest absolute Gasteiger partial charge is 0.286 e. The van der Waals surface area contributed by atoms with Gasteiger partial charge >= 0.3 is 0 Å². The summed E-state index contributed by atoms with van der Waals surface area (Å²) in [5.74, 6) is 0. The van der Waals surface area contributed by atoms with Gasteiger partial charge in [0, 0.05) is 0 Å². The highest BCUT2D eigenvalue weighted by Crippen LogP contribution is 2.58. The normalized spacial score (nSPS) is 15.5. The molecule has 0 amide bonds. The summed E-state index contributed by atoms with van der Waals surface area (Å²) < 4.78 is -1.02. The molecule has 0 atom stereocenters. The van der Waals surface area contributed by atoms with E-state index in [1.807, 2.05) is 0 Å². The Hall–Kier alpha value is 4.63. The molecule has 0 aliphatic rings. The molecule has 2 nitrogen and oxygen atoms in total. The molecular formula is C12H28Br8N2Si4. The minimum atomic E-state index is -2.42. The summed E-state index contributed by atoms with van der Waals surface area (Å²) in [4.78, 5) is 0. The van der Waals surface area contributed by atoms with Gasteiger partial charge in [0.15, 0.2) is 0 Å². The van der Waals surface area contributed by atoms with Crippen LogP contribution in [0.15, 0.2) is 0 Å². The zero-order chi connectivity index (χ0) is 21.5. The number of hydrogen-bond acceptors (Lipinski definition) is 2. The van der Waals surface area contributed by atoms with E-state index in [1.165, 1.54) is 0 Å². The van der Waals surface area contributed by atoms with Crippen molar-refractivity contribution in [3.05, 3.63) is 0 Å². The lowest BCUT2D eigenvalue weighted by atomic mass is 10.3. The van der Waals surface area contributed by atoms with Crippen molar-refractivity contribution < 1.29 is 0 Å². The van der Waals surface area contributed by atoms with Crippen LogP contribution in [0.4, 0.5) is 0 Å². The van der Waals surface area contributed by atoms with E-state index in [0.717, 1.165) is 0 Å². The van der Waals surface area contributed by atoms with Gasteiger partial charge in [-0.15, -0.1) is 30.6 Å². The molecule has 0 aromatic carbocycles. The second-order valence-corrected chi connectivity index (χ2v) is 102. The summed E-state index contributed by atoms with van der Waals surface area (Å²) in [7, 11) is -2.42. The number of rotatable bonds is 9. The van der Waals surface area contributed by atoms with Crippen LogP contribution in [0.3, 0.4) is 0 Å². The van der Waals surface area contributed by atoms with E-state index in [1.54, 1.807) is 0 Å². The highest BCUT2D eigenvalue weighted by Gasteiger charge is 2.78. The summed E-state index contributed by atoms with van der Waals surface area (Å²) in [6.45, 7) is 18.5. The van der Waals surface area contributed by atoms with Gasteiger partial charge in [0.2, 0.25) is 7.43 Å². The average Bonchev–Trinajstić information content (AvgIpc) is 2.32. The van der Waals surface area contributed by atoms with Crippen LogP contribution >= 0.6 is 122 Å². The average molecular weight is 952 g/mol. The molecule has 0 N–H and O–H groups in total. The lowest BCUT2D eigenvalue weighted by Crippen LogP contribution is -2.91.